The van der Waals surface area contributed by atoms with Gasteiger partial charge in [-0.05, 0) is 37.6 Å². The molecule has 2 N–H and O–H groups in total. The Morgan fingerprint density at radius 2 is 1.90 bits per heavy atom. The number of sulfonamides is 1. The van der Waals surface area contributed by atoms with E-state index in [9.17, 15) is 13.2 Å². The lowest BCUT2D eigenvalue weighted by atomic mass is 9.77. The van der Waals surface area contributed by atoms with Crippen LogP contribution in [0.25, 0.3) is 0 Å². The molecule has 0 saturated carbocycles. The number of rotatable bonds is 3. The van der Waals surface area contributed by atoms with Gasteiger partial charge in [0.15, 0.2) is 0 Å². The average molecular weight is 317 g/mol. The van der Waals surface area contributed by atoms with Gasteiger partial charge in [0.2, 0.25) is 15.9 Å². The van der Waals surface area contributed by atoms with E-state index in [4.69, 9.17) is 0 Å². The van der Waals surface area contributed by atoms with Crippen LogP contribution in [0.2, 0.25) is 0 Å². The number of hydrogen-bond acceptors (Lipinski definition) is 4. The van der Waals surface area contributed by atoms with E-state index in [1.807, 2.05) is 4.90 Å². The molecule has 1 amide bonds. The molecule has 0 aliphatic carbocycles. The van der Waals surface area contributed by atoms with Gasteiger partial charge in [-0.3, -0.25) is 4.79 Å². The summed E-state index contributed by atoms with van der Waals surface area (Å²) in [6.45, 7) is 6.42. The third-order valence-electron chi connectivity index (χ3n) is 4.56. The summed E-state index contributed by atoms with van der Waals surface area (Å²) in [5.41, 5.74) is -0.0167. The largest absolute Gasteiger partial charge is 0.341 e. The molecule has 0 bridgehead atoms. The number of piperidine rings is 2. The third kappa shape index (κ3) is 4.40. The minimum Gasteiger partial charge on any atom is -0.341 e. The van der Waals surface area contributed by atoms with Crippen LogP contribution in [0.4, 0.5) is 0 Å². The minimum absolute atomic E-state index is 0.0167. The van der Waals surface area contributed by atoms with Gasteiger partial charge in [0, 0.05) is 19.1 Å². The Morgan fingerprint density at radius 1 is 1.29 bits per heavy atom. The fourth-order valence-corrected chi connectivity index (χ4v) is 4.18. The highest BCUT2D eigenvalue weighted by atomic mass is 32.2. The second kappa shape index (κ2) is 6.22. The lowest BCUT2D eigenvalue weighted by Crippen LogP contribution is -2.58. The molecular weight excluding hydrogens is 290 g/mol. The number of carbonyl (C=O) groups is 1. The summed E-state index contributed by atoms with van der Waals surface area (Å²) >= 11 is 0. The number of likely N-dealkylation sites (tertiary alicyclic amines) is 1. The van der Waals surface area contributed by atoms with Crippen molar-refractivity contribution in [2.24, 2.45) is 5.41 Å². The monoisotopic (exact) mass is 317 g/mol. The first-order valence-electron chi connectivity index (χ1n) is 7.68. The van der Waals surface area contributed by atoms with Crippen LogP contribution in [-0.2, 0) is 14.8 Å². The summed E-state index contributed by atoms with van der Waals surface area (Å²) in [4.78, 5) is 14.6. The zero-order valence-electron chi connectivity index (χ0n) is 13.2. The van der Waals surface area contributed by atoms with Gasteiger partial charge in [0.25, 0.3) is 0 Å². The third-order valence-corrected chi connectivity index (χ3v) is 5.32. The van der Waals surface area contributed by atoms with Gasteiger partial charge >= 0.3 is 0 Å². The first-order chi connectivity index (χ1) is 9.69. The highest BCUT2D eigenvalue weighted by Gasteiger charge is 2.40. The Morgan fingerprint density at radius 3 is 2.43 bits per heavy atom. The maximum Gasteiger partial charge on any atom is 0.240 e. The smallest absolute Gasteiger partial charge is 0.240 e. The fourth-order valence-electron chi connectivity index (χ4n) is 3.34. The summed E-state index contributed by atoms with van der Waals surface area (Å²) in [7, 11) is -3.17. The van der Waals surface area contributed by atoms with Gasteiger partial charge in [-0.25, -0.2) is 13.1 Å². The van der Waals surface area contributed by atoms with E-state index in [0.717, 1.165) is 19.4 Å². The minimum atomic E-state index is -3.17. The Balaban J connectivity index is 1.91. The van der Waals surface area contributed by atoms with Crippen molar-refractivity contribution in [1.29, 1.82) is 0 Å². The molecule has 2 rings (SSSR count). The summed E-state index contributed by atoms with van der Waals surface area (Å²) in [6, 6.07) is -0.165. The average Bonchev–Trinajstić information content (AvgIpc) is 2.36. The number of hydrogen-bond donors (Lipinski definition) is 2. The molecular formula is C14H27N3O3S. The van der Waals surface area contributed by atoms with E-state index >= 15 is 0 Å². The highest BCUT2D eigenvalue weighted by molar-refractivity contribution is 7.88. The van der Waals surface area contributed by atoms with Crippen molar-refractivity contribution in [3.63, 3.8) is 0 Å². The Hall–Kier alpha value is -0.660. The second-order valence-electron chi connectivity index (χ2n) is 6.97. The van der Waals surface area contributed by atoms with Gasteiger partial charge < -0.3 is 10.2 Å². The Labute approximate surface area is 127 Å². The van der Waals surface area contributed by atoms with Crippen LogP contribution in [-0.4, -0.2) is 57.2 Å². The van der Waals surface area contributed by atoms with Gasteiger partial charge in [-0.15, -0.1) is 0 Å². The lowest BCUT2D eigenvalue weighted by molar-refractivity contribution is -0.138. The predicted molar refractivity (Wildman–Crippen MR) is 82.4 cm³/mol. The van der Waals surface area contributed by atoms with E-state index in [1.165, 1.54) is 6.26 Å². The van der Waals surface area contributed by atoms with Crippen LogP contribution in [0.3, 0.4) is 0 Å². The molecule has 0 radical (unpaired) electrons. The van der Waals surface area contributed by atoms with Gasteiger partial charge in [-0.2, -0.15) is 0 Å². The molecule has 21 heavy (non-hydrogen) atoms. The van der Waals surface area contributed by atoms with E-state index < -0.39 is 10.0 Å². The molecule has 1 atom stereocenters. The summed E-state index contributed by atoms with van der Waals surface area (Å²) in [6.07, 6.45) is 4.72. The normalized spacial score (nSPS) is 27.6. The number of carbonyl (C=O) groups excluding carboxylic acids is 1. The SMILES string of the molecule is CC1(C)CCCNC1C(=O)N1CCC(NS(C)(=O)=O)CC1. The molecule has 1 unspecified atom stereocenters. The zero-order valence-corrected chi connectivity index (χ0v) is 14.0. The number of amides is 1. The molecule has 6 nitrogen and oxygen atoms in total. The van der Waals surface area contributed by atoms with Crippen LogP contribution in [0, 0.1) is 5.41 Å². The van der Waals surface area contributed by atoms with E-state index in [0.29, 0.717) is 25.9 Å². The van der Waals surface area contributed by atoms with Crippen molar-refractivity contribution >= 4 is 15.9 Å². The van der Waals surface area contributed by atoms with Crippen molar-refractivity contribution in [3.05, 3.63) is 0 Å². The van der Waals surface area contributed by atoms with Crippen LogP contribution >= 0.6 is 0 Å². The van der Waals surface area contributed by atoms with Crippen LogP contribution in [0.15, 0.2) is 0 Å². The van der Waals surface area contributed by atoms with Crippen LogP contribution in [0.5, 0.6) is 0 Å². The van der Waals surface area contributed by atoms with E-state index in [2.05, 4.69) is 23.9 Å². The molecule has 0 aromatic carbocycles. The van der Waals surface area contributed by atoms with Crippen molar-refractivity contribution in [3.8, 4) is 0 Å². The number of nitrogens with one attached hydrogen (secondary N) is 2. The lowest BCUT2D eigenvalue weighted by Gasteiger charge is -2.42. The van der Waals surface area contributed by atoms with Crippen molar-refractivity contribution in [1.82, 2.24) is 14.9 Å². The maximum atomic E-state index is 12.7. The molecule has 0 spiro atoms. The standard InChI is InChI=1S/C14H27N3O3S/c1-14(2)7-4-8-15-12(14)13(18)17-9-5-11(6-10-17)16-21(3,19)20/h11-12,15-16H,4-10H2,1-3H3. The van der Waals surface area contributed by atoms with E-state index in [-0.39, 0.29) is 23.4 Å². The molecule has 2 aliphatic heterocycles. The molecule has 2 saturated heterocycles. The second-order valence-corrected chi connectivity index (χ2v) is 8.75. The molecule has 2 fully saturated rings. The zero-order chi connectivity index (χ0) is 15.7. The topological polar surface area (TPSA) is 78.5 Å². The molecule has 7 heteroatoms. The Bertz CT molecular complexity index is 482. The maximum absolute atomic E-state index is 12.7. The summed E-state index contributed by atoms with van der Waals surface area (Å²) in [5.74, 6) is 0.164. The quantitative estimate of drug-likeness (QED) is 0.785. The highest BCUT2D eigenvalue weighted by Crippen LogP contribution is 2.31. The van der Waals surface area contributed by atoms with Crippen molar-refractivity contribution < 1.29 is 13.2 Å². The van der Waals surface area contributed by atoms with Crippen molar-refractivity contribution in [2.45, 2.75) is 51.6 Å². The molecule has 2 aliphatic rings. The summed E-state index contributed by atoms with van der Waals surface area (Å²) in [5, 5.41) is 3.35. The summed E-state index contributed by atoms with van der Waals surface area (Å²) < 4.78 is 25.1. The molecule has 0 aromatic heterocycles. The van der Waals surface area contributed by atoms with Crippen LogP contribution < -0.4 is 10.0 Å². The van der Waals surface area contributed by atoms with Crippen LogP contribution in [0.1, 0.15) is 39.5 Å². The first kappa shape index (κ1) is 16.7. The number of nitrogens with zero attached hydrogens (tertiary/aromatic N) is 1. The molecule has 0 aromatic rings. The first-order valence-corrected chi connectivity index (χ1v) is 9.58. The predicted octanol–water partition coefficient (Wildman–Crippen LogP) is 0.305. The molecule has 122 valence electrons. The van der Waals surface area contributed by atoms with Gasteiger partial charge in [0.05, 0.1) is 12.3 Å². The van der Waals surface area contributed by atoms with Gasteiger partial charge in [0.1, 0.15) is 0 Å². The van der Waals surface area contributed by atoms with Crippen molar-refractivity contribution in [2.75, 3.05) is 25.9 Å². The fraction of sp³-hybridized carbons (Fsp3) is 0.929. The Kier molecular flexibility index (Phi) is 4.95. The van der Waals surface area contributed by atoms with Gasteiger partial charge in [-0.1, -0.05) is 13.8 Å². The van der Waals surface area contributed by atoms with E-state index in [1.54, 1.807) is 0 Å². The molecule has 2 heterocycles.